The Morgan fingerprint density at radius 1 is 1.03 bits per heavy atom. The zero-order valence-electron chi connectivity index (χ0n) is 19.0. The molecular formula is C29H22F2IrN3. The molecule has 35 heavy (non-hydrogen) atoms. The number of aryl methyl sites for hydroxylation is 1. The molecule has 4 aromatic rings. The third-order valence-electron chi connectivity index (χ3n) is 5.99. The summed E-state index contributed by atoms with van der Waals surface area (Å²) in [5.41, 5.74) is 6.74. The molecule has 0 radical (unpaired) electrons. The summed E-state index contributed by atoms with van der Waals surface area (Å²) in [5.74, 6) is -1.80. The molecule has 0 N–H and O–H groups in total. The minimum atomic E-state index is -0.908. The first-order valence-corrected chi connectivity index (χ1v) is 11.1. The molecule has 0 bridgehead atoms. The van der Waals surface area contributed by atoms with Crippen LogP contribution in [0.1, 0.15) is 22.9 Å². The fraction of sp³-hybridized carbons (Fsp3) is 0.138. The molecule has 3 aromatic carbocycles. The van der Waals surface area contributed by atoms with Crippen molar-refractivity contribution in [3.63, 3.8) is 0 Å². The molecule has 1 aromatic heterocycles. The van der Waals surface area contributed by atoms with Gasteiger partial charge in [-0.1, -0.05) is 42.8 Å². The smallest absolute Gasteiger partial charge is 0.668 e. The third kappa shape index (κ3) is 5.34. The number of pyridine rings is 1. The summed E-state index contributed by atoms with van der Waals surface area (Å²) < 4.78 is 26.3. The molecule has 176 valence electrons. The molecular weight excluding hydrogens is 621 g/mol. The van der Waals surface area contributed by atoms with E-state index in [1.54, 1.807) is 6.20 Å². The van der Waals surface area contributed by atoms with Gasteiger partial charge in [0.1, 0.15) is 0 Å². The molecule has 0 amide bonds. The number of hydrogen-bond acceptors (Lipinski definition) is 2. The van der Waals surface area contributed by atoms with E-state index in [1.807, 2.05) is 55.6 Å². The zero-order chi connectivity index (χ0) is 23.5. The van der Waals surface area contributed by atoms with Crippen LogP contribution in [0, 0.1) is 30.7 Å². The quantitative estimate of drug-likeness (QED) is 0.221. The second kappa shape index (κ2) is 10.9. The summed E-state index contributed by atoms with van der Waals surface area (Å²) in [6, 6.07) is 26.0. The first-order valence-electron chi connectivity index (χ1n) is 11.1. The van der Waals surface area contributed by atoms with E-state index in [0.717, 1.165) is 41.8 Å². The zero-order valence-corrected chi connectivity index (χ0v) is 21.4. The number of aromatic nitrogens is 1. The Kier molecular flexibility index (Phi) is 7.74. The maximum atomic E-state index is 13.3. The van der Waals surface area contributed by atoms with Crippen molar-refractivity contribution in [2.75, 3.05) is 6.54 Å². The van der Waals surface area contributed by atoms with Gasteiger partial charge in [0, 0.05) is 12.7 Å². The van der Waals surface area contributed by atoms with Gasteiger partial charge in [0.15, 0.2) is 0 Å². The van der Waals surface area contributed by atoms with E-state index in [4.69, 9.17) is 0 Å². The van der Waals surface area contributed by atoms with Crippen molar-refractivity contribution in [3.05, 3.63) is 131 Å². The van der Waals surface area contributed by atoms with E-state index < -0.39 is 11.6 Å². The van der Waals surface area contributed by atoms with Gasteiger partial charge in [-0.3, -0.25) is 4.39 Å². The Morgan fingerprint density at radius 2 is 1.86 bits per heavy atom. The van der Waals surface area contributed by atoms with Gasteiger partial charge in [-0.05, 0) is 41.7 Å². The Balaban J connectivity index is 0.000000177. The molecule has 6 heteroatoms. The predicted molar refractivity (Wildman–Crippen MR) is 130 cm³/mol. The SMILES string of the molecule is Cc1cnc(-c2[c-]cc(F)c(F)c2)cc1-c1ccccc1.[Ir+3].[c-]1cccc2c1C1[N-]C=CN1CC2. The topological polar surface area (TPSA) is 30.2 Å². The van der Waals surface area contributed by atoms with Crippen LogP contribution in [-0.2, 0) is 26.5 Å². The summed E-state index contributed by atoms with van der Waals surface area (Å²) >= 11 is 0. The van der Waals surface area contributed by atoms with Crippen molar-refractivity contribution in [2.24, 2.45) is 0 Å². The summed E-state index contributed by atoms with van der Waals surface area (Å²) in [7, 11) is 0. The average molecular weight is 643 g/mol. The van der Waals surface area contributed by atoms with Crippen LogP contribution < -0.4 is 0 Å². The first kappa shape index (κ1) is 24.8. The number of halogens is 2. The standard InChI is InChI=1S/C18H12F2N.C11H10N2.Ir/c1-12-11-21-18(14-7-8-16(19)17(20)9-14)10-15(12)13-5-3-2-4-6-13;1-2-4-10-9(3-1)5-7-13-8-6-12-11(10)13;/h2-6,8-11H,1H3;1-3,6,8,11H,5,7H2;/q-1;-2;+3. The molecule has 0 saturated heterocycles. The summed E-state index contributed by atoms with van der Waals surface area (Å²) in [5, 5.41) is 4.41. The Labute approximate surface area is 217 Å². The number of nitrogens with zero attached hydrogens (tertiary/aromatic N) is 3. The molecule has 1 unspecified atom stereocenters. The van der Waals surface area contributed by atoms with Gasteiger partial charge in [0.05, 0.1) is 11.6 Å². The van der Waals surface area contributed by atoms with Gasteiger partial charge >= 0.3 is 20.1 Å². The third-order valence-corrected chi connectivity index (χ3v) is 5.99. The van der Waals surface area contributed by atoms with Crippen LogP contribution in [0.4, 0.5) is 8.78 Å². The van der Waals surface area contributed by atoms with E-state index in [2.05, 4.69) is 45.7 Å². The van der Waals surface area contributed by atoms with E-state index >= 15 is 0 Å². The minimum Gasteiger partial charge on any atom is -0.668 e. The van der Waals surface area contributed by atoms with Crippen molar-refractivity contribution in [3.8, 4) is 22.4 Å². The number of benzene rings is 3. The van der Waals surface area contributed by atoms with Crippen LogP contribution in [0.25, 0.3) is 27.7 Å². The molecule has 0 spiro atoms. The summed E-state index contributed by atoms with van der Waals surface area (Å²) in [4.78, 5) is 6.55. The molecule has 0 aliphatic carbocycles. The van der Waals surface area contributed by atoms with E-state index in [1.165, 1.54) is 11.1 Å². The summed E-state index contributed by atoms with van der Waals surface area (Å²) in [6.07, 6.45) is 7.01. The monoisotopic (exact) mass is 643 g/mol. The molecule has 3 nitrogen and oxygen atoms in total. The molecule has 3 heterocycles. The van der Waals surface area contributed by atoms with E-state index in [0.29, 0.717) is 11.3 Å². The summed E-state index contributed by atoms with van der Waals surface area (Å²) in [6.45, 7) is 3.05. The fourth-order valence-electron chi connectivity index (χ4n) is 4.20. The largest absolute Gasteiger partial charge is 3.00 e. The molecule has 2 aliphatic heterocycles. The first-order chi connectivity index (χ1) is 16.6. The molecule has 0 fully saturated rings. The van der Waals surface area contributed by atoms with Crippen LogP contribution in [0.2, 0.25) is 0 Å². The van der Waals surface area contributed by atoms with Crippen LogP contribution >= 0.6 is 0 Å². The van der Waals surface area contributed by atoms with Crippen molar-refractivity contribution < 1.29 is 28.9 Å². The fourth-order valence-corrected chi connectivity index (χ4v) is 4.20. The minimum absolute atomic E-state index is 0. The molecule has 2 aliphatic rings. The van der Waals surface area contributed by atoms with Gasteiger partial charge in [-0.25, -0.2) is 4.39 Å². The van der Waals surface area contributed by atoms with Gasteiger partial charge in [-0.15, -0.1) is 23.8 Å². The van der Waals surface area contributed by atoms with Crippen LogP contribution in [0.15, 0.2) is 85.3 Å². The average Bonchev–Trinajstić information content (AvgIpc) is 3.37. The Morgan fingerprint density at radius 3 is 2.66 bits per heavy atom. The van der Waals surface area contributed by atoms with Crippen molar-refractivity contribution in [2.45, 2.75) is 19.5 Å². The van der Waals surface area contributed by atoms with Crippen molar-refractivity contribution in [1.82, 2.24) is 9.88 Å². The number of rotatable bonds is 2. The Hall–Kier alpha value is -3.34. The Bertz CT molecular complexity index is 1340. The van der Waals surface area contributed by atoms with Gasteiger partial charge in [0.25, 0.3) is 0 Å². The normalized spacial score (nSPS) is 15.2. The molecule has 0 saturated carbocycles. The van der Waals surface area contributed by atoms with Crippen LogP contribution in [0.5, 0.6) is 0 Å². The maximum Gasteiger partial charge on any atom is 3.00 e. The van der Waals surface area contributed by atoms with Gasteiger partial charge in [0.2, 0.25) is 0 Å². The second-order valence-corrected chi connectivity index (χ2v) is 8.21. The van der Waals surface area contributed by atoms with E-state index in [9.17, 15) is 8.78 Å². The van der Waals surface area contributed by atoms with Gasteiger partial charge in [-0.2, -0.15) is 41.6 Å². The van der Waals surface area contributed by atoms with Crippen LogP contribution in [-0.4, -0.2) is 16.4 Å². The molecule has 6 rings (SSSR count). The van der Waals surface area contributed by atoms with Crippen molar-refractivity contribution >= 4 is 0 Å². The van der Waals surface area contributed by atoms with Crippen molar-refractivity contribution in [1.29, 1.82) is 0 Å². The van der Waals surface area contributed by atoms with E-state index in [-0.39, 0.29) is 26.3 Å². The molecule has 1 atom stereocenters. The maximum absolute atomic E-state index is 13.3. The van der Waals surface area contributed by atoms with Crippen LogP contribution in [0.3, 0.4) is 0 Å². The number of fused-ring (bicyclic) bond motifs is 3. The second-order valence-electron chi connectivity index (χ2n) is 8.21. The van der Waals surface area contributed by atoms with Gasteiger partial charge < -0.3 is 15.2 Å². The predicted octanol–water partition coefficient (Wildman–Crippen LogP) is 7.00. The number of hydrogen-bond donors (Lipinski definition) is 0.